The molecule has 6 heteroatoms. The molecule has 2 amide bonds. The van der Waals surface area contributed by atoms with E-state index in [0.29, 0.717) is 13.2 Å². The third-order valence-electron chi connectivity index (χ3n) is 3.85. The molecule has 1 atom stereocenters. The lowest BCUT2D eigenvalue weighted by molar-refractivity contribution is 0.114. The molecule has 0 aliphatic carbocycles. The third-order valence-corrected chi connectivity index (χ3v) is 3.85. The van der Waals surface area contributed by atoms with E-state index in [9.17, 15) is 4.79 Å². The first-order valence-electron chi connectivity index (χ1n) is 7.64. The Hall–Kier alpha value is -2.34. The van der Waals surface area contributed by atoms with E-state index >= 15 is 0 Å². The summed E-state index contributed by atoms with van der Waals surface area (Å²) in [6, 6.07) is 9.37. The SMILES string of the molecule is COCC(c1ccccn1)N(C)C(=O)NCCc1cccn1C. The van der Waals surface area contributed by atoms with E-state index in [2.05, 4.69) is 20.9 Å². The molecule has 0 aliphatic heterocycles. The number of nitrogens with one attached hydrogen (secondary N) is 1. The van der Waals surface area contributed by atoms with Gasteiger partial charge in [-0.2, -0.15) is 0 Å². The van der Waals surface area contributed by atoms with Gasteiger partial charge in [-0.3, -0.25) is 4.98 Å². The Bertz CT molecular complexity index is 612. The van der Waals surface area contributed by atoms with Crippen molar-refractivity contribution >= 4 is 6.03 Å². The van der Waals surface area contributed by atoms with Crippen LogP contribution in [0.25, 0.3) is 0 Å². The quantitative estimate of drug-likeness (QED) is 0.850. The molecule has 0 radical (unpaired) electrons. The number of rotatable bonds is 7. The van der Waals surface area contributed by atoms with Crippen molar-refractivity contribution in [2.75, 3.05) is 27.3 Å². The molecule has 1 N–H and O–H groups in total. The second-order valence-corrected chi connectivity index (χ2v) is 5.43. The largest absolute Gasteiger partial charge is 0.382 e. The van der Waals surface area contributed by atoms with Gasteiger partial charge in [0.25, 0.3) is 0 Å². The number of hydrogen-bond donors (Lipinski definition) is 1. The van der Waals surface area contributed by atoms with Crippen LogP contribution in [0.4, 0.5) is 4.79 Å². The van der Waals surface area contributed by atoms with E-state index in [1.54, 1.807) is 25.3 Å². The summed E-state index contributed by atoms with van der Waals surface area (Å²) in [7, 11) is 5.38. The van der Waals surface area contributed by atoms with E-state index < -0.39 is 0 Å². The van der Waals surface area contributed by atoms with E-state index in [4.69, 9.17) is 4.74 Å². The number of carbonyl (C=O) groups is 1. The van der Waals surface area contributed by atoms with Crippen molar-refractivity contribution < 1.29 is 9.53 Å². The van der Waals surface area contributed by atoms with Gasteiger partial charge >= 0.3 is 6.03 Å². The van der Waals surface area contributed by atoms with Crippen LogP contribution in [0, 0.1) is 0 Å². The standard InChI is InChI=1S/C17H24N4O2/c1-20-12-6-7-14(20)9-11-19-17(22)21(2)16(13-23-3)15-8-4-5-10-18-15/h4-8,10,12,16H,9,11,13H2,1-3H3,(H,19,22). The summed E-state index contributed by atoms with van der Waals surface area (Å²) in [5.74, 6) is 0. The summed E-state index contributed by atoms with van der Waals surface area (Å²) in [6.07, 6.45) is 4.51. The molecule has 2 aromatic heterocycles. The van der Waals surface area contributed by atoms with Gasteiger partial charge in [-0.05, 0) is 24.3 Å². The number of ether oxygens (including phenoxy) is 1. The number of likely N-dealkylation sites (N-methyl/N-ethyl adjacent to an activating group) is 1. The molecule has 6 nitrogen and oxygen atoms in total. The Balaban J connectivity index is 1.92. The zero-order valence-corrected chi connectivity index (χ0v) is 13.9. The second kappa shape index (κ2) is 8.33. The molecular formula is C17H24N4O2. The fourth-order valence-corrected chi connectivity index (χ4v) is 2.45. The Morgan fingerprint density at radius 3 is 2.83 bits per heavy atom. The molecule has 2 aromatic rings. The summed E-state index contributed by atoms with van der Waals surface area (Å²) in [4.78, 5) is 18.3. The van der Waals surface area contributed by atoms with E-state index in [1.807, 2.05) is 37.5 Å². The van der Waals surface area contributed by atoms with Crippen LogP contribution in [-0.4, -0.2) is 47.8 Å². The highest BCUT2D eigenvalue weighted by atomic mass is 16.5. The van der Waals surface area contributed by atoms with Crippen molar-refractivity contribution in [1.82, 2.24) is 19.8 Å². The molecule has 2 rings (SSSR count). The monoisotopic (exact) mass is 316 g/mol. The van der Waals surface area contributed by atoms with Crippen LogP contribution in [-0.2, 0) is 18.2 Å². The van der Waals surface area contributed by atoms with Crippen LogP contribution < -0.4 is 5.32 Å². The zero-order chi connectivity index (χ0) is 16.7. The van der Waals surface area contributed by atoms with Crippen LogP contribution in [0.3, 0.4) is 0 Å². The summed E-state index contributed by atoms with van der Waals surface area (Å²) in [6.45, 7) is 0.988. The zero-order valence-electron chi connectivity index (χ0n) is 13.9. The molecule has 0 bridgehead atoms. The summed E-state index contributed by atoms with van der Waals surface area (Å²) >= 11 is 0. The van der Waals surface area contributed by atoms with Crippen LogP contribution >= 0.6 is 0 Å². The van der Waals surface area contributed by atoms with Gasteiger partial charge in [0.05, 0.1) is 18.3 Å². The molecule has 1 unspecified atom stereocenters. The van der Waals surface area contributed by atoms with Crippen molar-refractivity contribution in [3.05, 3.63) is 54.1 Å². The maximum atomic E-state index is 12.4. The molecular weight excluding hydrogens is 292 g/mol. The van der Waals surface area contributed by atoms with Gasteiger partial charge in [0, 0.05) is 52.3 Å². The number of hydrogen-bond acceptors (Lipinski definition) is 3. The predicted molar refractivity (Wildman–Crippen MR) is 89.1 cm³/mol. The number of carbonyl (C=O) groups excluding carboxylic acids is 1. The fourth-order valence-electron chi connectivity index (χ4n) is 2.45. The lowest BCUT2D eigenvalue weighted by atomic mass is 10.2. The molecule has 0 aromatic carbocycles. The van der Waals surface area contributed by atoms with Gasteiger partial charge in [-0.15, -0.1) is 0 Å². The van der Waals surface area contributed by atoms with Crippen LogP contribution in [0.2, 0.25) is 0 Å². The normalized spacial score (nSPS) is 12.0. The summed E-state index contributed by atoms with van der Waals surface area (Å²) in [5.41, 5.74) is 2.00. The van der Waals surface area contributed by atoms with Crippen molar-refractivity contribution in [2.24, 2.45) is 7.05 Å². The van der Waals surface area contributed by atoms with Gasteiger partial charge in [0.1, 0.15) is 0 Å². The van der Waals surface area contributed by atoms with Gasteiger partial charge in [0.15, 0.2) is 0 Å². The fraction of sp³-hybridized carbons (Fsp3) is 0.412. The lowest BCUT2D eigenvalue weighted by Crippen LogP contribution is -2.42. The molecule has 0 spiro atoms. The Labute approximate surface area is 137 Å². The minimum Gasteiger partial charge on any atom is -0.382 e. The number of methoxy groups -OCH3 is 1. The number of urea groups is 1. The molecule has 0 fully saturated rings. The first kappa shape index (κ1) is 17.0. The number of pyridine rings is 1. The number of nitrogens with zero attached hydrogens (tertiary/aromatic N) is 3. The summed E-state index contributed by atoms with van der Waals surface area (Å²) in [5, 5.41) is 2.95. The average Bonchev–Trinajstić information content (AvgIpc) is 2.98. The van der Waals surface area contributed by atoms with E-state index in [0.717, 1.165) is 12.1 Å². The van der Waals surface area contributed by atoms with E-state index in [-0.39, 0.29) is 12.1 Å². The highest BCUT2D eigenvalue weighted by Gasteiger charge is 2.22. The number of amides is 2. The maximum absolute atomic E-state index is 12.4. The first-order valence-corrected chi connectivity index (χ1v) is 7.64. The van der Waals surface area contributed by atoms with Crippen molar-refractivity contribution in [3.8, 4) is 0 Å². The maximum Gasteiger partial charge on any atom is 0.317 e. The molecule has 23 heavy (non-hydrogen) atoms. The Morgan fingerprint density at radius 1 is 1.39 bits per heavy atom. The smallest absolute Gasteiger partial charge is 0.317 e. The number of aromatic nitrogens is 2. The highest BCUT2D eigenvalue weighted by molar-refractivity contribution is 5.74. The molecule has 2 heterocycles. The van der Waals surface area contributed by atoms with Crippen LogP contribution in [0.15, 0.2) is 42.7 Å². The van der Waals surface area contributed by atoms with Crippen molar-refractivity contribution in [3.63, 3.8) is 0 Å². The van der Waals surface area contributed by atoms with Gasteiger partial charge in [-0.1, -0.05) is 6.07 Å². The predicted octanol–water partition coefficient (Wildman–Crippen LogP) is 1.99. The van der Waals surface area contributed by atoms with Gasteiger partial charge < -0.3 is 19.5 Å². The molecule has 0 saturated heterocycles. The van der Waals surface area contributed by atoms with Crippen LogP contribution in [0.5, 0.6) is 0 Å². The second-order valence-electron chi connectivity index (χ2n) is 5.43. The Morgan fingerprint density at radius 2 is 2.22 bits per heavy atom. The van der Waals surface area contributed by atoms with Crippen molar-refractivity contribution in [1.29, 1.82) is 0 Å². The minimum atomic E-state index is -0.212. The molecule has 0 saturated carbocycles. The van der Waals surface area contributed by atoms with Crippen molar-refractivity contribution in [2.45, 2.75) is 12.5 Å². The highest BCUT2D eigenvalue weighted by Crippen LogP contribution is 2.17. The number of aryl methyl sites for hydroxylation is 1. The first-order chi connectivity index (χ1) is 11.1. The van der Waals surface area contributed by atoms with E-state index in [1.165, 1.54) is 5.69 Å². The topological polar surface area (TPSA) is 59.4 Å². The average molecular weight is 316 g/mol. The third kappa shape index (κ3) is 4.56. The van der Waals surface area contributed by atoms with Gasteiger partial charge in [0.2, 0.25) is 0 Å². The summed E-state index contributed by atoms with van der Waals surface area (Å²) < 4.78 is 7.30. The van der Waals surface area contributed by atoms with Gasteiger partial charge in [-0.25, -0.2) is 4.79 Å². The van der Waals surface area contributed by atoms with Crippen LogP contribution in [0.1, 0.15) is 17.4 Å². The lowest BCUT2D eigenvalue weighted by Gasteiger charge is -2.27. The Kier molecular flexibility index (Phi) is 6.17. The molecule has 0 aliphatic rings. The minimum absolute atomic E-state index is 0.132. The molecule has 124 valence electrons.